The molecule has 0 aliphatic carbocycles. The maximum absolute atomic E-state index is 12.0. The van der Waals surface area contributed by atoms with Gasteiger partial charge >= 0.3 is 0 Å². The molecule has 0 spiro atoms. The van der Waals surface area contributed by atoms with E-state index in [1.165, 1.54) is 0 Å². The molecular weight excluding hydrogens is 342 g/mol. The van der Waals surface area contributed by atoms with Gasteiger partial charge in [-0.1, -0.05) is 46.3 Å². The van der Waals surface area contributed by atoms with Crippen molar-refractivity contribution in [2.75, 3.05) is 6.61 Å². The molecule has 3 nitrogen and oxygen atoms in total. The molecule has 0 fully saturated rings. The zero-order valence-corrected chi connectivity index (χ0v) is 14.4. The van der Waals surface area contributed by atoms with Crippen LogP contribution in [0.1, 0.15) is 30.5 Å². The topological polar surface area (TPSA) is 38.3 Å². The van der Waals surface area contributed by atoms with Crippen LogP contribution in [0.3, 0.4) is 0 Å². The van der Waals surface area contributed by atoms with E-state index in [4.69, 9.17) is 4.74 Å². The Morgan fingerprint density at radius 2 is 1.86 bits per heavy atom. The fourth-order valence-corrected chi connectivity index (χ4v) is 2.38. The van der Waals surface area contributed by atoms with Gasteiger partial charge in [0, 0.05) is 4.47 Å². The molecule has 2 aromatic rings. The minimum Gasteiger partial charge on any atom is -0.493 e. The lowest BCUT2D eigenvalue weighted by atomic mass is 10.1. The van der Waals surface area contributed by atoms with Crippen molar-refractivity contribution < 1.29 is 9.53 Å². The Kier molecular flexibility index (Phi) is 6.01. The predicted octanol–water partition coefficient (Wildman–Crippen LogP) is 4.40. The summed E-state index contributed by atoms with van der Waals surface area (Å²) in [4.78, 5) is 12.0. The van der Waals surface area contributed by atoms with E-state index in [9.17, 15) is 4.79 Å². The highest BCUT2D eigenvalue weighted by atomic mass is 79.9. The van der Waals surface area contributed by atoms with Gasteiger partial charge in [-0.3, -0.25) is 4.79 Å². The second kappa shape index (κ2) is 7.99. The van der Waals surface area contributed by atoms with Gasteiger partial charge in [0.25, 0.3) is 0 Å². The van der Waals surface area contributed by atoms with Crippen LogP contribution in [0.4, 0.5) is 0 Å². The van der Waals surface area contributed by atoms with Crippen LogP contribution >= 0.6 is 15.9 Å². The van der Waals surface area contributed by atoms with Crippen LogP contribution < -0.4 is 10.1 Å². The second-order valence-corrected chi connectivity index (χ2v) is 6.12. The van der Waals surface area contributed by atoms with Gasteiger partial charge in [-0.05, 0) is 43.2 Å². The maximum atomic E-state index is 12.0. The molecule has 4 heteroatoms. The first-order valence-electron chi connectivity index (χ1n) is 7.29. The van der Waals surface area contributed by atoms with E-state index in [-0.39, 0.29) is 11.9 Å². The molecule has 0 saturated carbocycles. The zero-order valence-electron chi connectivity index (χ0n) is 12.8. The molecule has 0 aromatic heterocycles. The van der Waals surface area contributed by atoms with Crippen LogP contribution in [0, 0.1) is 6.92 Å². The van der Waals surface area contributed by atoms with Crippen LogP contribution in [0.15, 0.2) is 53.0 Å². The Balaban J connectivity index is 1.78. The van der Waals surface area contributed by atoms with E-state index < -0.39 is 0 Å². The summed E-state index contributed by atoms with van der Waals surface area (Å²) in [5.41, 5.74) is 2.16. The molecule has 0 radical (unpaired) electrons. The Morgan fingerprint density at radius 1 is 1.18 bits per heavy atom. The Bertz CT molecular complexity index is 625. The molecule has 0 saturated heterocycles. The first-order chi connectivity index (χ1) is 10.6. The van der Waals surface area contributed by atoms with Gasteiger partial charge in [0.1, 0.15) is 5.75 Å². The van der Waals surface area contributed by atoms with Gasteiger partial charge < -0.3 is 10.1 Å². The number of benzene rings is 2. The molecule has 0 unspecified atom stereocenters. The highest BCUT2D eigenvalue weighted by Crippen LogP contribution is 2.17. The average molecular weight is 362 g/mol. The van der Waals surface area contributed by atoms with Crippen molar-refractivity contribution in [3.05, 3.63) is 64.1 Å². The fraction of sp³-hybridized carbons (Fsp3) is 0.278. The Morgan fingerprint density at radius 3 is 2.55 bits per heavy atom. The molecule has 0 aliphatic rings. The van der Waals surface area contributed by atoms with E-state index >= 15 is 0 Å². The number of para-hydroxylation sites is 1. The first kappa shape index (κ1) is 16.6. The zero-order chi connectivity index (χ0) is 15.9. The van der Waals surface area contributed by atoms with Gasteiger partial charge in [0.2, 0.25) is 5.91 Å². The summed E-state index contributed by atoms with van der Waals surface area (Å²) < 4.78 is 6.67. The molecule has 0 bridgehead atoms. The highest BCUT2D eigenvalue weighted by Gasteiger charge is 2.09. The van der Waals surface area contributed by atoms with Gasteiger partial charge in [0.15, 0.2) is 0 Å². The van der Waals surface area contributed by atoms with Crippen molar-refractivity contribution >= 4 is 21.8 Å². The number of ether oxygens (including phenoxy) is 1. The predicted molar refractivity (Wildman–Crippen MR) is 92.0 cm³/mol. The summed E-state index contributed by atoms with van der Waals surface area (Å²) in [6, 6.07) is 15.7. The van der Waals surface area contributed by atoms with Crippen molar-refractivity contribution in [3.63, 3.8) is 0 Å². The number of aryl methyl sites for hydroxylation is 1. The number of rotatable bonds is 6. The number of hydrogen-bond acceptors (Lipinski definition) is 2. The second-order valence-electron chi connectivity index (χ2n) is 5.20. The van der Waals surface area contributed by atoms with Gasteiger partial charge in [-0.2, -0.15) is 0 Å². The first-order valence-corrected chi connectivity index (χ1v) is 8.09. The van der Waals surface area contributed by atoms with Crippen molar-refractivity contribution in [2.45, 2.75) is 26.3 Å². The summed E-state index contributed by atoms with van der Waals surface area (Å²) >= 11 is 3.40. The van der Waals surface area contributed by atoms with Crippen LogP contribution in [0.5, 0.6) is 5.75 Å². The number of nitrogens with one attached hydrogen (secondary N) is 1. The van der Waals surface area contributed by atoms with E-state index in [2.05, 4.69) is 21.2 Å². The Labute approximate surface area is 139 Å². The SMILES string of the molecule is Cc1ccccc1OCCC(=O)N[C@@H](C)c1ccc(Br)cc1. The standard InChI is InChI=1S/C18H20BrNO2/c1-13-5-3-4-6-17(13)22-12-11-18(21)20-14(2)15-7-9-16(19)10-8-15/h3-10,14H,11-12H2,1-2H3,(H,20,21)/t14-/m0/s1. The minimum atomic E-state index is -0.0148. The summed E-state index contributed by atoms with van der Waals surface area (Å²) in [5.74, 6) is 0.820. The summed E-state index contributed by atoms with van der Waals surface area (Å²) in [7, 11) is 0. The minimum absolute atomic E-state index is 0.0102. The molecule has 2 aromatic carbocycles. The fourth-order valence-electron chi connectivity index (χ4n) is 2.12. The number of hydrogen-bond donors (Lipinski definition) is 1. The van der Waals surface area contributed by atoms with Crippen molar-refractivity contribution in [3.8, 4) is 5.75 Å². The summed E-state index contributed by atoms with van der Waals surface area (Å²) in [6.45, 7) is 4.35. The van der Waals surface area contributed by atoms with E-state index in [0.717, 1.165) is 21.3 Å². The third-order valence-corrected chi connectivity index (χ3v) is 3.96. The van der Waals surface area contributed by atoms with Crippen LogP contribution in [-0.2, 0) is 4.79 Å². The number of halogens is 1. The third-order valence-electron chi connectivity index (χ3n) is 3.43. The average Bonchev–Trinajstić information content (AvgIpc) is 2.50. The maximum Gasteiger partial charge on any atom is 0.223 e. The third kappa shape index (κ3) is 4.88. The van der Waals surface area contributed by atoms with Gasteiger partial charge in [-0.25, -0.2) is 0 Å². The summed E-state index contributed by atoms with van der Waals surface area (Å²) in [6.07, 6.45) is 0.342. The van der Waals surface area contributed by atoms with E-state index in [1.54, 1.807) is 0 Å². The summed E-state index contributed by atoms with van der Waals surface area (Å²) in [5, 5.41) is 2.98. The van der Waals surface area contributed by atoms with E-state index in [0.29, 0.717) is 13.0 Å². The molecular formula is C18H20BrNO2. The molecule has 0 heterocycles. The smallest absolute Gasteiger partial charge is 0.223 e. The van der Waals surface area contributed by atoms with Crippen molar-refractivity contribution in [1.29, 1.82) is 0 Å². The normalized spacial score (nSPS) is 11.8. The molecule has 1 atom stereocenters. The highest BCUT2D eigenvalue weighted by molar-refractivity contribution is 9.10. The quantitative estimate of drug-likeness (QED) is 0.827. The number of amides is 1. The molecule has 22 heavy (non-hydrogen) atoms. The lowest BCUT2D eigenvalue weighted by Gasteiger charge is -2.15. The lowest BCUT2D eigenvalue weighted by Crippen LogP contribution is -2.27. The monoisotopic (exact) mass is 361 g/mol. The van der Waals surface area contributed by atoms with E-state index in [1.807, 2.05) is 62.4 Å². The largest absolute Gasteiger partial charge is 0.493 e. The molecule has 2 rings (SSSR count). The number of carbonyl (C=O) groups is 1. The molecule has 1 N–H and O–H groups in total. The Hall–Kier alpha value is -1.81. The van der Waals surface area contributed by atoms with Crippen LogP contribution in [-0.4, -0.2) is 12.5 Å². The van der Waals surface area contributed by atoms with Crippen molar-refractivity contribution in [1.82, 2.24) is 5.32 Å². The lowest BCUT2D eigenvalue weighted by molar-refractivity contribution is -0.122. The molecule has 116 valence electrons. The number of carbonyl (C=O) groups excluding carboxylic acids is 1. The van der Waals surface area contributed by atoms with Crippen LogP contribution in [0.25, 0.3) is 0 Å². The van der Waals surface area contributed by atoms with Crippen LogP contribution in [0.2, 0.25) is 0 Å². The molecule has 0 aliphatic heterocycles. The molecule has 1 amide bonds. The van der Waals surface area contributed by atoms with Gasteiger partial charge in [-0.15, -0.1) is 0 Å². The van der Waals surface area contributed by atoms with Gasteiger partial charge in [0.05, 0.1) is 19.1 Å². The van der Waals surface area contributed by atoms with Crippen molar-refractivity contribution in [2.24, 2.45) is 0 Å².